The third-order valence-electron chi connectivity index (χ3n) is 9.62. The number of hydrogen-bond acceptors (Lipinski definition) is 11. The van der Waals surface area contributed by atoms with Crippen LogP contribution in [-0.4, -0.2) is 100.0 Å². The summed E-state index contributed by atoms with van der Waals surface area (Å²) in [7, 11) is 0. The van der Waals surface area contributed by atoms with Crippen LogP contribution in [0.2, 0.25) is 10.3 Å². The summed E-state index contributed by atoms with van der Waals surface area (Å²) in [6.45, 7) is 9.59. The topological polar surface area (TPSA) is 106 Å². The second kappa shape index (κ2) is 16.1. The Morgan fingerprint density at radius 1 is 0.611 bits per heavy atom. The lowest BCUT2D eigenvalue weighted by Crippen LogP contribution is -2.57. The molecule has 2 aromatic carbocycles. The molecule has 2 fully saturated rings. The molecule has 0 spiro atoms. The van der Waals surface area contributed by atoms with Crippen molar-refractivity contribution in [3.63, 3.8) is 0 Å². The van der Waals surface area contributed by atoms with Crippen molar-refractivity contribution in [1.29, 1.82) is 0 Å². The molecule has 2 N–H and O–H groups in total. The predicted molar refractivity (Wildman–Crippen MR) is 195 cm³/mol. The van der Waals surface area contributed by atoms with Gasteiger partial charge in [-0.05, 0) is 62.4 Å². The first-order chi connectivity index (χ1) is 25.6. The maximum Gasteiger partial charge on any atom is 0.420 e. The van der Waals surface area contributed by atoms with E-state index in [9.17, 15) is 31.1 Å². The van der Waals surface area contributed by atoms with Crippen LogP contribution in [0, 0.1) is 0 Å². The Morgan fingerprint density at radius 3 is 1.24 bits per heavy atom. The van der Waals surface area contributed by atoms with E-state index < -0.39 is 33.8 Å². The summed E-state index contributed by atoms with van der Waals surface area (Å²) in [6.07, 6.45) is -7.98. The van der Waals surface area contributed by atoms with Gasteiger partial charge < -0.3 is 20.4 Å². The van der Waals surface area contributed by atoms with Gasteiger partial charge in [-0.25, -0.2) is 19.9 Å². The molecule has 0 aliphatic carbocycles. The Kier molecular flexibility index (Phi) is 11.7. The van der Waals surface area contributed by atoms with Crippen LogP contribution in [0.25, 0.3) is 0 Å². The van der Waals surface area contributed by atoms with Crippen molar-refractivity contribution in [3.8, 4) is 0 Å². The summed E-state index contributed by atoms with van der Waals surface area (Å²) >= 11 is 11.4. The minimum Gasteiger partial charge on any atom is -0.369 e. The van der Waals surface area contributed by atoms with Crippen molar-refractivity contribution in [1.82, 2.24) is 29.7 Å². The maximum absolute atomic E-state index is 13.6. The first-order valence-electron chi connectivity index (χ1n) is 17.0. The highest BCUT2D eigenvalue weighted by atomic mass is 35.5. The van der Waals surface area contributed by atoms with E-state index in [1.165, 1.54) is 0 Å². The van der Waals surface area contributed by atoms with Crippen LogP contribution in [0.4, 0.5) is 61.0 Å². The number of Topliss-reactive ketones (excluding diaryl/α,β-unsaturated/α-hetero) is 1. The number of alkyl halides is 6. The Hall–Kier alpha value is -4.45. The molecule has 2 aliphatic heterocycles. The van der Waals surface area contributed by atoms with E-state index in [2.05, 4.69) is 50.2 Å². The highest BCUT2D eigenvalue weighted by Crippen LogP contribution is 2.35. The Labute approximate surface area is 317 Å². The normalized spacial score (nSPS) is 17.3. The van der Waals surface area contributed by atoms with Crippen molar-refractivity contribution in [2.75, 3.05) is 72.8 Å². The molecule has 2 saturated heterocycles. The SMILES string of the molecule is CC(C(=O)C(C)N1CCN(c2ccc(Nc3ncc(C(F)(F)F)c(Cl)n3)cc2)CC1)N1CCN(c2ccc(Nc3ncc(C(F)(F)F)c(Cl)n3)cc2)CC1. The van der Waals surface area contributed by atoms with E-state index in [0.29, 0.717) is 76.1 Å². The van der Waals surface area contributed by atoms with Gasteiger partial charge >= 0.3 is 12.4 Å². The summed E-state index contributed by atoms with van der Waals surface area (Å²) in [5.74, 6) is 0.0717. The minimum atomic E-state index is -4.64. The zero-order valence-corrected chi connectivity index (χ0v) is 30.6. The van der Waals surface area contributed by atoms with Gasteiger partial charge in [0.2, 0.25) is 11.9 Å². The van der Waals surface area contributed by atoms with Gasteiger partial charge in [0.05, 0.1) is 12.1 Å². The molecule has 0 amide bonds. The van der Waals surface area contributed by atoms with E-state index in [1.54, 1.807) is 24.3 Å². The van der Waals surface area contributed by atoms with Crippen molar-refractivity contribution >= 4 is 63.6 Å². The standard InChI is InChI=1S/C35H36Cl2F6N10O/c1-21(50-11-15-52(16-12-50)25-7-3-23(4-8-25)46-32-44-19-27(30(36)48-32)34(38,39)40)29(54)22(2)51-13-17-53(18-14-51)26-9-5-24(6-10-26)47-33-45-20-28(31(37)49-33)35(41,42)43/h3-10,19-22H,11-18H2,1-2H3,(H,44,46,48)(H,45,47,49). The lowest BCUT2D eigenvalue weighted by atomic mass is 10.0. The highest BCUT2D eigenvalue weighted by molar-refractivity contribution is 6.30. The van der Waals surface area contributed by atoms with Crippen molar-refractivity contribution < 1.29 is 31.1 Å². The fourth-order valence-electron chi connectivity index (χ4n) is 6.44. The van der Waals surface area contributed by atoms with E-state index in [-0.39, 0.29) is 29.8 Å². The van der Waals surface area contributed by atoms with Gasteiger partial charge in [0.15, 0.2) is 5.78 Å². The van der Waals surface area contributed by atoms with Crippen LogP contribution < -0.4 is 20.4 Å². The van der Waals surface area contributed by atoms with Gasteiger partial charge in [-0.2, -0.15) is 26.3 Å². The molecule has 4 heterocycles. The summed E-state index contributed by atoms with van der Waals surface area (Å²) < 4.78 is 77.7. The van der Waals surface area contributed by atoms with Crippen molar-refractivity contribution in [2.24, 2.45) is 0 Å². The molecular formula is C35H36Cl2F6N10O. The Bertz CT molecular complexity index is 1780. The molecule has 2 unspecified atom stereocenters. The number of ketones is 1. The van der Waals surface area contributed by atoms with Crippen molar-refractivity contribution in [3.05, 3.63) is 82.4 Å². The van der Waals surface area contributed by atoms with Gasteiger partial charge in [0.25, 0.3) is 0 Å². The molecule has 288 valence electrons. The molecule has 0 saturated carbocycles. The molecule has 0 radical (unpaired) electrons. The zero-order valence-electron chi connectivity index (χ0n) is 29.1. The van der Waals surface area contributed by atoms with E-state index >= 15 is 0 Å². The number of aromatic nitrogens is 4. The Balaban J connectivity index is 0.943. The number of nitrogens with zero attached hydrogens (tertiary/aromatic N) is 8. The maximum atomic E-state index is 13.6. The summed E-state index contributed by atoms with van der Waals surface area (Å²) in [6, 6.07) is 14.2. The van der Waals surface area contributed by atoms with Crippen LogP contribution >= 0.6 is 23.2 Å². The lowest BCUT2D eigenvalue weighted by Gasteiger charge is -2.42. The fraction of sp³-hybridized carbons (Fsp3) is 0.400. The third kappa shape index (κ3) is 9.25. The number of rotatable bonds is 10. The quantitative estimate of drug-likeness (QED) is 0.124. The van der Waals surface area contributed by atoms with Gasteiger partial charge in [-0.1, -0.05) is 23.2 Å². The highest BCUT2D eigenvalue weighted by Gasteiger charge is 2.36. The minimum absolute atomic E-state index is 0.0470. The van der Waals surface area contributed by atoms with Crippen LogP contribution in [0.1, 0.15) is 25.0 Å². The monoisotopic (exact) mass is 796 g/mol. The molecule has 0 bridgehead atoms. The van der Waals surface area contributed by atoms with Gasteiger partial charge in [0, 0.05) is 87.5 Å². The molecule has 2 atom stereocenters. The number of piperazine rings is 2. The molecule has 6 rings (SSSR count). The van der Waals surface area contributed by atoms with Crippen LogP contribution in [0.5, 0.6) is 0 Å². The third-order valence-corrected chi connectivity index (χ3v) is 10.2. The van der Waals surface area contributed by atoms with Crippen LogP contribution in [0.15, 0.2) is 60.9 Å². The first-order valence-corrected chi connectivity index (χ1v) is 17.8. The summed E-state index contributed by atoms with van der Waals surface area (Å²) in [5, 5.41) is 4.39. The molecule has 2 aliphatic rings. The predicted octanol–water partition coefficient (Wildman–Crippen LogP) is 7.39. The number of anilines is 6. The van der Waals surface area contributed by atoms with E-state index in [4.69, 9.17) is 23.2 Å². The number of carbonyl (C=O) groups excluding carboxylic acids is 1. The van der Waals surface area contributed by atoms with E-state index in [0.717, 1.165) is 11.4 Å². The van der Waals surface area contributed by atoms with Crippen LogP contribution in [-0.2, 0) is 17.1 Å². The van der Waals surface area contributed by atoms with Gasteiger partial charge in [-0.15, -0.1) is 0 Å². The number of benzene rings is 2. The smallest absolute Gasteiger partial charge is 0.369 e. The molecule has 4 aromatic rings. The number of carbonyl (C=O) groups is 1. The molecular weight excluding hydrogens is 761 g/mol. The molecule has 2 aromatic heterocycles. The second-order valence-corrected chi connectivity index (χ2v) is 13.7. The van der Waals surface area contributed by atoms with E-state index in [1.807, 2.05) is 38.1 Å². The molecule has 54 heavy (non-hydrogen) atoms. The second-order valence-electron chi connectivity index (χ2n) is 12.9. The molecule has 19 heteroatoms. The zero-order chi connectivity index (χ0) is 38.8. The van der Waals surface area contributed by atoms with Crippen LogP contribution in [0.3, 0.4) is 0 Å². The van der Waals surface area contributed by atoms with Gasteiger partial charge in [-0.3, -0.25) is 14.6 Å². The number of nitrogens with one attached hydrogen (secondary N) is 2. The average molecular weight is 798 g/mol. The van der Waals surface area contributed by atoms with Crippen molar-refractivity contribution in [2.45, 2.75) is 38.3 Å². The Morgan fingerprint density at radius 2 is 0.944 bits per heavy atom. The lowest BCUT2D eigenvalue weighted by molar-refractivity contribution is -0.138. The fourth-order valence-corrected chi connectivity index (χ4v) is 6.91. The first kappa shape index (κ1) is 39.2. The average Bonchev–Trinajstić information content (AvgIpc) is 3.14. The largest absolute Gasteiger partial charge is 0.420 e. The summed E-state index contributed by atoms with van der Waals surface area (Å²) in [5.41, 5.74) is 0.929. The summed E-state index contributed by atoms with van der Waals surface area (Å²) in [4.78, 5) is 37.3. The number of hydrogen-bond donors (Lipinski definition) is 2. The van der Waals surface area contributed by atoms with Gasteiger partial charge in [0.1, 0.15) is 21.4 Å². The molecule has 11 nitrogen and oxygen atoms in total. The number of halogens is 8.